The van der Waals surface area contributed by atoms with Gasteiger partial charge in [-0.3, -0.25) is 0 Å². The average molecular weight is 208 g/mol. The van der Waals surface area contributed by atoms with Crippen LogP contribution in [0.2, 0.25) is 0 Å². The smallest absolute Gasteiger partial charge is 0.00173 e. The van der Waals surface area contributed by atoms with Crippen molar-refractivity contribution in [1.82, 2.24) is 0 Å². The maximum Gasteiger partial charge on any atom is -0.00173 e. The van der Waals surface area contributed by atoms with Crippen molar-refractivity contribution in [1.29, 1.82) is 0 Å². The predicted molar refractivity (Wildman–Crippen MR) is 67.9 cm³/mol. The minimum Gasteiger partial charge on any atom is -0.0620 e. The fourth-order valence-electron chi connectivity index (χ4n) is 2.71. The maximum absolute atomic E-state index is 2.28. The van der Waals surface area contributed by atoms with Gasteiger partial charge in [0.2, 0.25) is 0 Å². The molecule has 0 aromatic heterocycles. The molecule has 0 nitrogen and oxygen atoms in total. The predicted octanol–water partition coefficient (Wildman–Crippen LogP) is 3.74. The topological polar surface area (TPSA) is 0 Å². The number of fused-ring (bicyclic) bond motifs is 2. The van der Waals surface area contributed by atoms with Crippen molar-refractivity contribution >= 4 is 0 Å². The lowest BCUT2D eigenvalue weighted by molar-refractivity contribution is 0.959. The van der Waals surface area contributed by atoms with Gasteiger partial charge in [0.15, 0.2) is 0 Å². The fourth-order valence-corrected chi connectivity index (χ4v) is 2.71. The largest absolute Gasteiger partial charge is 0.0620 e. The molecule has 0 bridgehead atoms. The van der Waals surface area contributed by atoms with Crippen molar-refractivity contribution < 1.29 is 0 Å². The summed E-state index contributed by atoms with van der Waals surface area (Å²) >= 11 is 0. The van der Waals surface area contributed by atoms with Crippen LogP contribution >= 0.6 is 0 Å². The molecular formula is C16H16. The summed E-state index contributed by atoms with van der Waals surface area (Å²) < 4.78 is 0. The normalized spacial score (nSPS) is 13.1. The molecule has 16 heavy (non-hydrogen) atoms. The van der Waals surface area contributed by atoms with E-state index in [1.165, 1.54) is 22.3 Å². The first-order valence-corrected chi connectivity index (χ1v) is 6.05. The molecule has 0 saturated heterocycles. The zero-order chi connectivity index (χ0) is 11.0. The third kappa shape index (κ3) is 1.46. The molecular weight excluding hydrogens is 192 g/mol. The second-order valence-corrected chi connectivity index (χ2v) is 4.53. The van der Waals surface area contributed by atoms with Gasteiger partial charge >= 0.3 is 0 Å². The summed E-state index contributed by atoms with van der Waals surface area (Å²) in [6.45, 7) is 2.25. The molecule has 0 aliphatic heterocycles. The van der Waals surface area contributed by atoms with Crippen LogP contribution in [-0.4, -0.2) is 0 Å². The van der Waals surface area contributed by atoms with Gasteiger partial charge in [-0.1, -0.05) is 49.4 Å². The van der Waals surface area contributed by atoms with Gasteiger partial charge in [0.25, 0.3) is 0 Å². The molecule has 0 radical (unpaired) electrons. The van der Waals surface area contributed by atoms with Gasteiger partial charge in [-0.15, -0.1) is 0 Å². The molecule has 2 aromatic rings. The number of hydrogen-bond donors (Lipinski definition) is 0. The van der Waals surface area contributed by atoms with Crippen LogP contribution in [0.5, 0.6) is 0 Å². The molecule has 3 rings (SSSR count). The van der Waals surface area contributed by atoms with E-state index in [-0.39, 0.29) is 0 Å². The fraction of sp³-hybridized carbons (Fsp3) is 0.250. The zero-order valence-corrected chi connectivity index (χ0v) is 9.66. The van der Waals surface area contributed by atoms with E-state index in [2.05, 4.69) is 49.4 Å². The molecule has 1 aliphatic carbocycles. The molecule has 1 aliphatic rings. The molecule has 80 valence electrons. The van der Waals surface area contributed by atoms with E-state index in [0.29, 0.717) is 0 Å². The lowest BCUT2D eigenvalue weighted by Crippen LogP contribution is -2.09. The minimum atomic E-state index is 1.11. The molecule has 0 atom stereocenters. The Morgan fingerprint density at radius 2 is 1.50 bits per heavy atom. The van der Waals surface area contributed by atoms with E-state index in [4.69, 9.17) is 0 Å². The quantitative estimate of drug-likeness (QED) is 0.571. The van der Waals surface area contributed by atoms with Crippen molar-refractivity contribution in [3.8, 4) is 0 Å². The highest BCUT2D eigenvalue weighted by atomic mass is 14.2. The van der Waals surface area contributed by atoms with Crippen molar-refractivity contribution in [3.05, 3.63) is 70.3 Å². The Balaban J connectivity index is 2.12. The van der Waals surface area contributed by atoms with Crippen LogP contribution in [0.4, 0.5) is 0 Å². The molecule has 0 amide bonds. The molecule has 2 aromatic carbocycles. The van der Waals surface area contributed by atoms with E-state index < -0.39 is 0 Å². The number of aryl methyl sites for hydroxylation is 1. The minimum absolute atomic E-state index is 1.11. The van der Waals surface area contributed by atoms with E-state index in [0.717, 1.165) is 19.3 Å². The summed E-state index contributed by atoms with van der Waals surface area (Å²) in [6, 6.07) is 15.6. The molecule has 0 saturated carbocycles. The van der Waals surface area contributed by atoms with E-state index in [1.54, 1.807) is 5.56 Å². The Morgan fingerprint density at radius 1 is 0.812 bits per heavy atom. The third-order valence-electron chi connectivity index (χ3n) is 3.62. The number of hydrogen-bond acceptors (Lipinski definition) is 0. The highest BCUT2D eigenvalue weighted by Gasteiger charge is 2.16. The SMILES string of the molecule is CCc1cccc2c1Cc1ccccc1C2. The van der Waals surface area contributed by atoms with Crippen LogP contribution in [0.3, 0.4) is 0 Å². The summed E-state index contributed by atoms with van der Waals surface area (Å²) in [5.74, 6) is 0. The molecule has 0 N–H and O–H groups in total. The first kappa shape index (κ1) is 9.65. The third-order valence-corrected chi connectivity index (χ3v) is 3.62. The van der Waals surface area contributed by atoms with Crippen molar-refractivity contribution in [2.45, 2.75) is 26.2 Å². The zero-order valence-electron chi connectivity index (χ0n) is 9.66. The highest BCUT2D eigenvalue weighted by molar-refractivity contribution is 5.48. The van der Waals surface area contributed by atoms with Crippen LogP contribution in [0.15, 0.2) is 42.5 Å². The Bertz CT molecular complexity index is 523. The Morgan fingerprint density at radius 3 is 2.25 bits per heavy atom. The summed E-state index contributed by atoms with van der Waals surface area (Å²) in [5, 5.41) is 0. The van der Waals surface area contributed by atoms with Gasteiger partial charge in [-0.2, -0.15) is 0 Å². The second-order valence-electron chi connectivity index (χ2n) is 4.53. The van der Waals surface area contributed by atoms with Gasteiger partial charge < -0.3 is 0 Å². The Hall–Kier alpha value is -1.56. The standard InChI is InChI=1S/C16H16/c1-2-12-8-5-9-15-10-13-6-3-4-7-14(13)11-16(12)15/h3-9H,2,10-11H2,1H3. The van der Waals surface area contributed by atoms with E-state index in [9.17, 15) is 0 Å². The average Bonchev–Trinajstić information content (AvgIpc) is 2.35. The molecule has 0 fully saturated rings. The van der Waals surface area contributed by atoms with E-state index in [1.807, 2.05) is 0 Å². The van der Waals surface area contributed by atoms with Crippen molar-refractivity contribution in [2.75, 3.05) is 0 Å². The number of rotatable bonds is 1. The lowest BCUT2D eigenvalue weighted by Gasteiger charge is -2.21. The van der Waals surface area contributed by atoms with Crippen LogP contribution < -0.4 is 0 Å². The van der Waals surface area contributed by atoms with Crippen LogP contribution in [-0.2, 0) is 19.3 Å². The molecule has 0 spiro atoms. The Labute approximate surface area is 96.9 Å². The van der Waals surface area contributed by atoms with Crippen LogP contribution in [0.1, 0.15) is 34.7 Å². The van der Waals surface area contributed by atoms with Crippen molar-refractivity contribution in [3.63, 3.8) is 0 Å². The van der Waals surface area contributed by atoms with Gasteiger partial charge in [0.05, 0.1) is 0 Å². The first-order valence-electron chi connectivity index (χ1n) is 6.05. The molecule has 0 unspecified atom stereocenters. The number of benzene rings is 2. The first-order chi connectivity index (χ1) is 7.88. The van der Waals surface area contributed by atoms with Gasteiger partial charge in [-0.25, -0.2) is 0 Å². The highest BCUT2D eigenvalue weighted by Crippen LogP contribution is 2.29. The second kappa shape index (κ2) is 3.79. The van der Waals surface area contributed by atoms with Crippen LogP contribution in [0, 0.1) is 0 Å². The van der Waals surface area contributed by atoms with E-state index >= 15 is 0 Å². The molecule has 0 heteroatoms. The molecule has 0 heterocycles. The lowest BCUT2D eigenvalue weighted by atomic mass is 9.83. The van der Waals surface area contributed by atoms with Crippen LogP contribution in [0.25, 0.3) is 0 Å². The van der Waals surface area contributed by atoms with Crippen molar-refractivity contribution in [2.24, 2.45) is 0 Å². The van der Waals surface area contributed by atoms with Gasteiger partial charge in [0, 0.05) is 0 Å². The van der Waals surface area contributed by atoms with Gasteiger partial charge in [-0.05, 0) is 47.1 Å². The summed E-state index contributed by atoms with van der Waals surface area (Å²) in [6.07, 6.45) is 3.38. The maximum atomic E-state index is 2.28. The Kier molecular flexibility index (Phi) is 2.28. The summed E-state index contributed by atoms with van der Waals surface area (Å²) in [5.41, 5.74) is 7.63. The summed E-state index contributed by atoms with van der Waals surface area (Å²) in [7, 11) is 0. The van der Waals surface area contributed by atoms with Gasteiger partial charge in [0.1, 0.15) is 0 Å². The summed E-state index contributed by atoms with van der Waals surface area (Å²) in [4.78, 5) is 0. The monoisotopic (exact) mass is 208 g/mol.